The van der Waals surface area contributed by atoms with Gasteiger partial charge in [0.1, 0.15) is 12.4 Å². The van der Waals surface area contributed by atoms with Crippen LogP contribution in [0.1, 0.15) is 11.1 Å². The Balaban J connectivity index is 1.47. The molecular formula is C22H24ClN3O2. The van der Waals surface area contributed by atoms with Gasteiger partial charge < -0.3 is 19.9 Å². The zero-order valence-corrected chi connectivity index (χ0v) is 16.9. The molecule has 2 aliphatic rings. The Labute approximate surface area is 170 Å². The molecule has 1 saturated heterocycles. The molecule has 1 N–H and O–H groups in total. The Bertz CT molecular complexity index is 933. The number of benzene rings is 2. The molecule has 2 aromatic rings. The van der Waals surface area contributed by atoms with E-state index in [1.807, 2.05) is 25.1 Å². The molecule has 1 amide bonds. The van der Waals surface area contributed by atoms with Gasteiger partial charge in [0.05, 0.1) is 5.57 Å². The van der Waals surface area contributed by atoms with Crippen LogP contribution >= 0.6 is 11.6 Å². The highest BCUT2D eigenvalue weighted by molar-refractivity contribution is 6.30. The summed E-state index contributed by atoms with van der Waals surface area (Å²) in [6, 6.07) is 11.6. The van der Waals surface area contributed by atoms with Crippen molar-refractivity contribution in [2.24, 2.45) is 0 Å². The summed E-state index contributed by atoms with van der Waals surface area (Å²) in [7, 11) is 2.15. The summed E-state index contributed by atoms with van der Waals surface area (Å²) in [6.07, 6.45) is 1.84. The Morgan fingerprint density at radius 1 is 1.11 bits per heavy atom. The highest BCUT2D eigenvalue weighted by atomic mass is 35.5. The zero-order valence-electron chi connectivity index (χ0n) is 16.2. The SMILES string of the molecule is Cc1cc(N2CCN(C)CC2)ccc1NC(=O)C1=Cc2cc(Cl)ccc2OC1. The number of aryl methyl sites for hydroxylation is 1. The van der Waals surface area contributed by atoms with Crippen molar-refractivity contribution < 1.29 is 9.53 Å². The average molecular weight is 398 g/mol. The minimum Gasteiger partial charge on any atom is -0.488 e. The minimum absolute atomic E-state index is 0.152. The normalized spacial score (nSPS) is 16.8. The van der Waals surface area contributed by atoms with Crippen molar-refractivity contribution in [1.29, 1.82) is 0 Å². The summed E-state index contributed by atoms with van der Waals surface area (Å²) in [5, 5.41) is 3.64. The average Bonchev–Trinajstić information content (AvgIpc) is 2.69. The fraction of sp³-hybridized carbons (Fsp3) is 0.318. The predicted octanol–water partition coefficient (Wildman–Crippen LogP) is 3.81. The summed E-state index contributed by atoms with van der Waals surface area (Å²) < 4.78 is 5.69. The molecular weight excluding hydrogens is 374 g/mol. The second-order valence-corrected chi connectivity index (χ2v) is 7.82. The topological polar surface area (TPSA) is 44.8 Å². The van der Waals surface area contributed by atoms with E-state index in [2.05, 4.69) is 34.3 Å². The first-order valence-electron chi connectivity index (χ1n) is 9.48. The van der Waals surface area contributed by atoms with E-state index in [-0.39, 0.29) is 12.5 Å². The maximum Gasteiger partial charge on any atom is 0.255 e. The van der Waals surface area contributed by atoms with Crippen LogP contribution in [-0.2, 0) is 4.79 Å². The number of hydrogen-bond donors (Lipinski definition) is 1. The highest BCUT2D eigenvalue weighted by Crippen LogP contribution is 2.30. The molecule has 0 bridgehead atoms. The Morgan fingerprint density at radius 3 is 2.64 bits per heavy atom. The number of amides is 1. The summed E-state index contributed by atoms with van der Waals surface area (Å²) in [4.78, 5) is 17.5. The fourth-order valence-corrected chi connectivity index (χ4v) is 3.71. The number of nitrogens with zero attached hydrogens (tertiary/aromatic N) is 2. The van der Waals surface area contributed by atoms with E-state index in [0.717, 1.165) is 48.7 Å². The lowest BCUT2D eigenvalue weighted by molar-refractivity contribution is -0.113. The number of likely N-dealkylation sites (N-methyl/N-ethyl adjacent to an activating group) is 1. The van der Waals surface area contributed by atoms with Crippen LogP contribution in [0.15, 0.2) is 42.0 Å². The van der Waals surface area contributed by atoms with Crippen LogP contribution in [0.4, 0.5) is 11.4 Å². The van der Waals surface area contributed by atoms with Crippen molar-refractivity contribution in [3.8, 4) is 5.75 Å². The third-order valence-electron chi connectivity index (χ3n) is 5.30. The molecule has 0 saturated carbocycles. The zero-order chi connectivity index (χ0) is 19.7. The number of rotatable bonds is 3. The highest BCUT2D eigenvalue weighted by Gasteiger charge is 2.19. The second kappa shape index (κ2) is 7.86. The lowest BCUT2D eigenvalue weighted by Gasteiger charge is -2.34. The van der Waals surface area contributed by atoms with Crippen molar-refractivity contribution >= 4 is 35.0 Å². The van der Waals surface area contributed by atoms with E-state index < -0.39 is 0 Å². The quantitative estimate of drug-likeness (QED) is 0.855. The van der Waals surface area contributed by atoms with Gasteiger partial charge in [-0.1, -0.05) is 11.6 Å². The molecule has 1 fully saturated rings. The van der Waals surface area contributed by atoms with E-state index in [0.29, 0.717) is 10.6 Å². The molecule has 146 valence electrons. The number of carbonyl (C=O) groups excluding carboxylic acids is 1. The van der Waals surface area contributed by atoms with Crippen molar-refractivity contribution in [3.63, 3.8) is 0 Å². The molecule has 0 atom stereocenters. The lowest BCUT2D eigenvalue weighted by Crippen LogP contribution is -2.44. The molecule has 28 heavy (non-hydrogen) atoms. The summed E-state index contributed by atoms with van der Waals surface area (Å²) in [5.41, 5.74) is 4.47. The molecule has 2 aliphatic heterocycles. The van der Waals surface area contributed by atoms with Gasteiger partial charge in [-0.25, -0.2) is 0 Å². The minimum atomic E-state index is -0.152. The third-order valence-corrected chi connectivity index (χ3v) is 5.54. The number of piperazine rings is 1. The van der Waals surface area contributed by atoms with Crippen molar-refractivity contribution in [3.05, 3.63) is 58.1 Å². The summed E-state index contributed by atoms with van der Waals surface area (Å²) in [6.45, 7) is 6.45. The molecule has 2 heterocycles. The van der Waals surface area contributed by atoms with Gasteiger partial charge in [-0.05, 0) is 62.0 Å². The molecule has 0 spiro atoms. The van der Waals surface area contributed by atoms with Gasteiger partial charge >= 0.3 is 0 Å². The van der Waals surface area contributed by atoms with Gasteiger partial charge in [0, 0.05) is 48.1 Å². The molecule has 4 rings (SSSR count). The van der Waals surface area contributed by atoms with Crippen LogP contribution < -0.4 is 15.0 Å². The summed E-state index contributed by atoms with van der Waals surface area (Å²) >= 11 is 6.05. The first-order valence-corrected chi connectivity index (χ1v) is 9.86. The van der Waals surface area contributed by atoms with Gasteiger partial charge in [0.25, 0.3) is 5.91 Å². The monoisotopic (exact) mass is 397 g/mol. The number of ether oxygens (including phenoxy) is 1. The van der Waals surface area contributed by atoms with Crippen molar-refractivity contribution in [2.75, 3.05) is 50.1 Å². The number of hydrogen-bond acceptors (Lipinski definition) is 4. The third kappa shape index (κ3) is 4.01. The maximum absolute atomic E-state index is 12.7. The number of carbonyl (C=O) groups is 1. The largest absolute Gasteiger partial charge is 0.488 e. The van der Waals surface area contributed by atoms with Gasteiger partial charge in [-0.3, -0.25) is 4.79 Å². The first-order chi connectivity index (χ1) is 13.5. The van der Waals surface area contributed by atoms with Gasteiger partial charge in [0.2, 0.25) is 0 Å². The Hall–Kier alpha value is -2.50. The van der Waals surface area contributed by atoms with E-state index >= 15 is 0 Å². The lowest BCUT2D eigenvalue weighted by atomic mass is 10.1. The standard InChI is InChI=1S/C22H24ClN3O2/c1-15-11-19(26-9-7-25(2)8-10-26)4-5-20(15)24-22(27)17-12-16-13-18(23)3-6-21(16)28-14-17/h3-6,11-13H,7-10,14H2,1-2H3,(H,24,27). The van der Waals surface area contributed by atoms with Crippen LogP contribution in [-0.4, -0.2) is 50.6 Å². The molecule has 0 aliphatic carbocycles. The summed E-state index contributed by atoms with van der Waals surface area (Å²) in [5.74, 6) is 0.592. The smallest absolute Gasteiger partial charge is 0.255 e. The van der Waals surface area contributed by atoms with Gasteiger partial charge in [-0.2, -0.15) is 0 Å². The van der Waals surface area contributed by atoms with Crippen LogP contribution in [0.25, 0.3) is 6.08 Å². The number of anilines is 2. The predicted molar refractivity (Wildman–Crippen MR) is 114 cm³/mol. The van der Waals surface area contributed by atoms with E-state index in [9.17, 15) is 4.79 Å². The molecule has 0 aromatic heterocycles. The first kappa shape index (κ1) is 18.8. The van der Waals surface area contributed by atoms with Crippen molar-refractivity contribution in [1.82, 2.24) is 4.90 Å². The fourth-order valence-electron chi connectivity index (χ4n) is 3.53. The van der Waals surface area contributed by atoms with Gasteiger partial charge in [-0.15, -0.1) is 0 Å². The molecule has 6 heteroatoms. The van der Waals surface area contributed by atoms with Gasteiger partial charge in [0.15, 0.2) is 0 Å². The van der Waals surface area contributed by atoms with E-state index in [4.69, 9.17) is 16.3 Å². The second-order valence-electron chi connectivity index (χ2n) is 7.38. The van der Waals surface area contributed by atoms with Crippen LogP contribution in [0, 0.1) is 6.92 Å². The Kier molecular flexibility index (Phi) is 5.29. The maximum atomic E-state index is 12.7. The van der Waals surface area contributed by atoms with Crippen LogP contribution in [0.3, 0.4) is 0 Å². The van der Waals surface area contributed by atoms with E-state index in [1.165, 1.54) is 5.69 Å². The van der Waals surface area contributed by atoms with Crippen molar-refractivity contribution in [2.45, 2.75) is 6.92 Å². The molecule has 5 nitrogen and oxygen atoms in total. The Morgan fingerprint density at radius 2 is 1.89 bits per heavy atom. The number of fused-ring (bicyclic) bond motifs is 1. The molecule has 0 unspecified atom stereocenters. The van der Waals surface area contributed by atoms with Crippen LogP contribution in [0.5, 0.6) is 5.75 Å². The molecule has 2 aromatic carbocycles. The number of halogens is 1. The van der Waals surface area contributed by atoms with E-state index in [1.54, 1.807) is 12.1 Å². The van der Waals surface area contributed by atoms with Crippen LogP contribution in [0.2, 0.25) is 5.02 Å². The number of nitrogens with one attached hydrogen (secondary N) is 1. The molecule has 0 radical (unpaired) electrons.